The summed E-state index contributed by atoms with van der Waals surface area (Å²) < 4.78 is 5.19. The largest absolute Gasteiger partial charge is 0.497 e. The number of ether oxygens (including phenoxy) is 1. The molecule has 0 saturated heterocycles. The first-order chi connectivity index (χ1) is 14.3. The summed E-state index contributed by atoms with van der Waals surface area (Å²) in [6.45, 7) is 3.84. The van der Waals surface area contributed by atoms with E-state index in [9.17, 15) is 14.9 Å². The van der Waals surface area contributed by atoms with Crippen LogP contribution in [0.4, 0.5) is 11.4 Å². The van der Waals surface area contributed by atoms with Gasteiger partial charge in [-0.05, 0) is 50.2 Å². The van der Waals surface area contributed by atoms with Gasteiger partial charge in [0.25, 0.3) is 11.6 Å². The van der Waals surface area contributed by atoms with E-state index in [1.165, 1.54) is 24.5 Å². The summed E-state index contributed by atoms with van der Waals surface area (Å²) in [6, 6.07) is 11.8. The first kappa shape index (κ1) is 21.3. The summed E-state index contributed by atoms with van der Waals surface area (Å²) in [5.41, 5.74) is 2.26. The summed E-state index contributed by atoms with van der Waals surface area (Å²) in [5, 5.41) is 18.1. The van der Waals surface area contributed by atoms with Crippen LogP contribution in [0, 0.1) is 17.0 Å². The second kappa shape index (κ2) is 8.91. The number of nitro groups is 1. The van der Waals surface area contributed by atoms with E-state index in [0.717, 1.165) is 26.9 Å². The minimum atomic E-state index is -0.496. The molecule has 2 N–H and O–H groups in total. The number of hydrogen-bond donors (Lipinski definition) is 2. The van der Waals surface area contributed by atoms with Crippen molar-refractivity contribution in [1.29, 1.82) is 0 Å². The van der Waals surface area contributed by atoms with Crippen LogP contribution in [0.15, 0.2) is 42.5 Å². The standard InChI is InChI=1S/C21H22N4O4S/c1-12(23-17-10-7-15(20(26)22-3)11-18(17)25(27)28)19-13(2)24-21(30-19)14-5-8-16(29-4)9-6-14/h5-12,23H,1-4H3,(H,22,26). The third-order valence-corrected chi connectivity index (χ3v) is 6.01. The number of nitro benzene ring substituents is 1. The Morgan fingerprint density at radius 2 is 1.93 bits per heavy atom. The molecule has 30 heavy (non-hydrogen) atoms. The van der Waals surface area contributed by atoms with Gasteiger partial charge in [0, 0.05) is 29.1 Å². The zero-order valence-electron chi connectivity index (χ0n) is 17.1. The molecule has 0 fully saturated rings. The molecule has 0 saturated carbocycles. The van der Waals surface area contributed by atoms with Gasteiger partial charge in [-0.25, -0.2) is 4.98 Å². The number of methoxy groups -OCH3 is 1. The number of hydrogen-bond acceptors (Lipinski definition) is 7. The lowest BCUT2D eigenvalue weighted by Gasteiger charge is -2.15. The molecule has 1 aromatic heterocycles. The van der Waals surface area contributed by atoms with Gasteiger partial charge in [-0.2, -0.15) is 0 Å². The summed E-state index contributed by atoms with van der Waals surface area (Å²) >= 11 is 1.53. The van der Waals surface area contributed by atoms with Crippen molar-refractivity contribution in [2.24, 2.45) is 0 Å². The van der Waals surface area contributed by atoms with Crippen molar-refractivity contribution >= 4 is 28.6 Å². The molecule has 156 valence electrons. The fourth-order valence-corrected chi connectivity index (χ4v) is 4.13. The van der Waals surface area contributed by atoms with Crippen molar-refractivity contribution in [1.82, 2.24) is 10.3 Å². The van der Waals surface area contributed by atoms with Crippen molar-refractivity contribution in [3.63, 3.8) is 0 Å². The number of amides is 1. The molecule has 2 aromatic carbocycles. The van der Waals surface area contributed by atoms with Gasteiger partial charge in [-0.15, -0.1) is 11.3 Å². The Morgan fingerprint density at radius 3 is 2.53 bits per heavy atom. The maximum absolute atomic E-state index is 11.8. The zero-order chi connectivity index (χ0) is 21.8. The molecule has 3 aromatic rings. The molecule has 8 nitrogen and oxygen atoms in total. The number of benzene rings is 2. The number of carbonyl (C=O) groups is 1. The van der Waals surface area contributed by atoms with Crippen molar-refractivity contribution in [2.45, 2.75) is 19.9 Å². The number of rotatable bonds is 7. The van der Waals surface area contributed by atoms with Crippen LogP contribution < -0.4 is 15.4 Å². The van der Waals surface area contributed by atoms with Crippen LogP contribution in [0.25, 0.3) is 10.6 Å². The van der Waals surface area contributed by atoms with Crippen LogP contribution in [0.3, 0.4) is 0 Å². The molecule has 0 bridgehead atoms. The van der Waals surface area contributed by atoms with E-state index >= 15 is 0 Å². The first-order valence-electron chi connectivity index (χ1n) is 9.22. The summed E-state index contributed by atoms with van der Waals surface area (Å²) in [4.78, 5) is 28.5. The van der Waals surface area contributed by atoms with Gasteiger partial charge in [0.2, 0.25) is 0 Å². The smallest absolute Gasteiger partial charge is 0.293 e. The highest BCUT2D eigenvalue weighted by atomic mass is 32.1. The average Bonchev–Trinajstić information content (AvgIpc) is 3.15. The number of anilines is 1. The van der Waals surface area contributed by atoms with Crippen molar-refractivity contribution in [3.05, 3.63) is 68.7 Å². The maximum Gasteiger partial charge on any atom is 0.293 e. The predicted octanol–water partition coefficient (Wildman–Crippen LogP) is 4.57. The van der Waals surface area contributed by atoms with Gasteiger partial charge in [-0.3, -0.25) is 14.9 Å². The minimum Gasteiger partial charge on any atom is -0.497 e. The average molecular weight is 426 g/mol. The minimum absolute atomic E-state index is 0.152. The molecule has 3 rings (SSSR count). The molecule has 0 radical (unpaired) electrons. The summed E-state index contributed by atoms with van der Waals surface area (Å²) in [5.74, 6) is 0.398. The predicted molar refractivity (Wildman–Crippen MR) is 117 cm³/mol. The van der Waals surface area contributed by atoms with Gasteiger partial charge in [0.15, 0.2) is 0 Å². The normalized spacial score (nSPS) is 11.6. The van der Waals surface area contributed by atoms with E-state index in [-0.39, 0.29) is 23.2 Å². The van der Waals surface area contributed by atoms with E-state index in [4.69, 9.17) is 4.74 Å². The Kier molecular flexibility index (Phi) is 6.31. The van der Waals surface area contributed by atoms with Gasteiger partial charge < -0.3 is 15.4 Å². The van der Waals surface area contributed by atoms with E-state index in [2.05, 4.69) is 15.6 Å². The molecule has 1 amide bonds. The van der Waals surface area contributed by atoms with E-state index in [1.807, 2.05) is 38.1 Å². The molecule has 0 aliphatic carbocycles. The van der Waals surface area contributed by atoms with Crippen LogP contribution in [0.1, 0.15) is 33.9 Å². The Hall–Kier alpha value is -3.46. The summed E-state index contributed by atoms with van der Waals surface area (Å²) in [6.07, 6.45) is 0. The highest BCUT2D eigenvalue weighted by molar-refractivity contribution is 7.15. The Bertz CT molecular complexity index is 1080. The molecule has 0 aliphatic rings. The van der Waals surface area contributed by atoms with Gasteiger partial charge in [0.1, 0.15) is 16.4 Å². The maximum atomic E-state index is 11.8. The number of thiazole rings is 1. The molecular weight excluding hydrogens is 404 g/mol. The van der Waals surface area contributed by atoms with Crippen LogP contribution >= 0.6 is 11.3 Å². The second-order valence-corrected chi connectivity index (χ2v) is 7.66. The SMILES string of the molecule is CNC(=O)c1ccc(NC(C)c2sc(-c3ccc(OC)cc3)nc2C)c([N+](=O)[O-])c1. The highest BCUT2D eigenvalue weighted by Crippen LogP contribution is 2.35. The zero-order valence-corrected chi connectivity index (χ0v) is 17.9. The van der Waals surface area contributed by atoms with Crippen molar-refractivity contribution < 1.29 is 14.5 Å². The summed E-state index contributed by atoms with van der Waals surface area (Å²) in [7, 11) is 3.10. The fourth-order valence-electron chi connectivity index (χ4n) is 3.06. The quantitative estimate of drug-likeness (QED) is 0.423. The molecule has 9 heteroatoms. The van der Waals surface area contributed by atoms with Gasteiger partial charge >= 0.3 is 0 Å². The molecule has 1 heterocycles. The van der Waals surface area contributed by atoms with E-state index in [1.54, 1.807) is 19.2 Å². The van der Waals surface area contributed by atoms with Crippen molar-refractivity contribution in [2.75, 3.05) is 19.5 Å². The number of nitrogens with zero attached hydrogens (tertiary/aromatic N) is 2. The fraction of sp³-hybridized carbons (Fsp3) is 0.238. The van der Waals surface area contributed by atoms with Gasteiger partial charge in [0.05, 0.1) is 23.8 Å². The Labute approximate surface area is 178 Å². The Morgan fingerprint density at radius 1 is 1.23 bits per heavy atom. The van der Waals surface area contributed by atoms with Crippen LogP contribution in [0.5, 0.6) is 5.75 Å². The lowest BCUT2D eigenvalue weighted by molar-refractivity contribution is -0.384. The lowest BCUT2D eigenvalue weighted by atomic mass is 10.1. The number of carbonyl (C=O) groups excluding carboxylic acids is 1. The number of aromatic nitrogens is 1. The highest BCUT2D eigenvalue weighted by Gasteiger charge is 2.21. The lowest BCUT2D eigenvalue weighted by Crippen LogP contribution is -2.18. The second-order valence-electron chi connectivity index (χ2n) is 6.63. The third kappa shape index (κ3) is 4.41. The molecule has 0 aliphatic heterocycles. The topological polar surface area (TPSA) is 106 Å². The number of nitrogens with one attached hydrogen (secondary N) is 2. The third-order valence-electron chi connectivity index (χ3n) is 4.62. The van der Waals surface area contributed by atoms with Crippen LogP contribution in [0.2, 0.25) is 0 Å². The van der Waals surface area contributed by atoms with Gasteiger partial charge in [-0.1, -0.05) is 0 Å². The number of aryl methyl sites for hydroxylation is 1. The van der Waals surface area contributed by atoms with Crippen molar-refractivity contribution in [3.8, 4) is 16.3 Å². The molecule has 1 unspecified atom stereocenters. The Balaban J connectivity index is 1.87. The van der Waals surface area contributed by atoms with E-state index in [0.29, 0.717) is 5.69 Å². The monoisotopic (exact) mass is 426 g/mol. The van der Waals surface area contributed by atoms with Crippen LogP contribution in [-0.2, 0) is 0 Å². The van der Waals surface area contributed by atoms with E-state index < -0.39 is 4.92 Å². The molecule has 1 atom stereocenters. The molecule has 0 spiro atoms. The van der Waals surface area contributed by atoms with Crippen LogP contribution in [-0.4, -0.2) is 30.0 Å². The molecular formula is C21H22N4O4S. The first-order valence-corrected chi connectivity index (χ1v) is 10.0.